The molecule has 2 fully saturated rings. The summed E-state index contributed by atoms with van der Waals surface area (Å²) in [6, 6.07) is 14.3. The maximum Gasteiger partial charge on any atom is 0.229 e. The van der Waals surface area contributed by atoms with Crippen molar-refractivity contribution in [1.29, 1.82) is 5.41 Å². The van der Waals surface area contributed by atoms with Gasteiger partial charge in [0, 0.05) is 41.2 Å². The maximum absolute atomic E-state index is 14.2. The van der Waals surface area contributed by atoms with Crippen molar-refractivity contribution < 1.29 is 23.1 Å². The van der Waals surface area contributed by atoms with Gasteiger partial charge in [0.25, 0.3) is 0 Å². The molecule has 1 heterocycles. The second-order valence-corrected chi connectivity index (χ2v) is 9.24. The molecule has 2 atom stereocenters. The third-order valence-electron chi connectivity index (χ3n) is 6.71. The normalized spacial score (nSPS) is 19.0. The van der Waals surface area contributed by atoms with Gasteiger partial charge in [0.15, 0.2) is 11.6 Å². The Kier molecular flexibility index (Phi) is 6.60. The number of ether oxygens (including phenoxy) is 1. The van der Waals surface area contributed by atoms with E-state index < -0.39 is 17.9 Å². The number of methoxy groups -OCH3 is 1. The van der Waals surface area contributed by atoms with E-state index in [1.807, 2.05) is 0 Å². The van der Waals surface area contributed by atoms with Crippen LogP contribution < -0.4 is 20.3 Å². The van der Waals surface area contributed by atoms with E-state index in [0.717, 1.165) is 19.1 Å². The van der Waals surface area contributed by atoms with Crippen molar-refractivity contribution >= 4 is 35.1 Å². The van der Waals surface area contributed by atoms with E-state index in [9.17, 15) is 18.4 Å². The molecule has 0 unspecified atom stereocenters. The van der Waals surface area contributed by atoms with Crippen LogP contribution in [0, 0.1) is 23.0 Å². The van der Waals surface area contributed by atoms with Gasteiger partial charge in [-0.05, 0) is 73.0 Å². The van der Waals surface area contributed by atoms with Crippen molar-refractivity contribution in [2.75, 3.05) is 17.3 Å². The Balaban J connectivity index is 1.51. The molecule has 2 aliphatic rings. The zero-order valence-corrected chi connectivity index (χ0v) is 20.1. The van der Waals surface area contributed by atoms with Crippen LogP contribution in [0.25, 0.3) is 0 Å². The number of anilines is 3. The number of carbonyl (C=O) groups is 2. The zero-order chi connectivity index (χ0) is 26.1. The maximum atomic E-state index is 14.2. The number of nitrogens with zero attached hydrogens (tertiary/aromatic N) is 1. The topological polar surface area (TPSA) is 94.5 Å². The largest absolute Gasteiger partial charge is 0.494 e. The molecule has 0 spiro atoms. The molecule has 3 N–H and O–H groups in total. The molecule has 37 heavy (non-hydrogen) atoms. The van der Waals surface area contributed by atoms with Gasteiger partial charge in [-0.2, -0.15) is 0 Å². The molecule has 0 bridgehead atoms. The molecule has 0 aromatic heterocycles. The molecule has 0 radical (unpaired) electrons. The summed E-state index contributed by atoms with van der Waals surface area (Å²) in [7, 11) is 1.37. The van der Waals surface area contributed by atoms with Crippen LogP contribution in [0.3, 0.4) is 0 Å². The Hall–Kier alpha value is -4.27. The van der Waals surface area contributed by atoms with Gasteiger partial charge in [-0.25, -0.2) is 8.78 Å². The lowest BCUT2D eigenvalue weighted by Crippen LogP contribution is -2.40. The summed E-state index contributed by atoms with van der Waals surface area (Å²) in [6.45, 7) is 0. The van der Waals surface area contributed by atoms with Crippen LogP contribution >= 0.6 is 0 Å². The third-order valence-corrected chi connectivity index (χ3v) is 6.71. The van der Waals surface area contributed by atoms with Crippen LogP contribution in [0.15, 0.2) is 60.7 Å². The number of hydrogen-bond acceptors (Lipinski definition) is 5. The number of benzene rings is 3. The van der Waals surface area contributed by atoms with E-state index in [1.165, 1.54) is 25.3 Å². The average Bonchev–Trinajstić information content (AvgIpc) is 3.70. The Morgan fingerprint density at radius 2 is 1.84 bits per heavy atom. The average molecular weight is 505 g/mol. The summed E-state index contributed by atoms with van der Waals surface area (Å²) >= 11 is 0. The van der Waals surface area contributed by atoms with Gasteiger partial charge in [-0.1, -0.05) is 6.07 Å². The molecule has 5 rings (SSSR count). The summed E-state index contributed by atoms with van der Waals surface area (Å²) in [4.78, 5) is 27.5. The summed E-state index contributed by atoms with van der Waals surface area (Å²) in [5.74, 6) is -1.16. The molecule has 3 aromatic rings. The second kappa shape index (κ2) is 10.0. The van der Waals surface area contributed by atoms with Crippen molar-refractivity contribution in [1.82, 2.24) is 5.32 Å². The van der Waals surface area contributed by atoms with Gasteiger partial charge in [0.1, 0.15) is 5.82 Å². The number of nitrogens with one attached hydrogen (secondary N) is 3. The van der Waals surface area contributed by atoms with Gasteiger partial charge in [-0.15, -0.1) is 0 Å². The van der Waals surface area contributed by atoms with Gasteiger partial charge in [-0.3, -0.25) is 9.59 Å². The minimum Gasteiger partial charge on any atom is -0.494 e. The minimum atomic E-state index is -0.598. The quantitative estimate of drug-likeness (QED) is 0.373. The van der Waals surface area contributed by atoms with Gasteiger partial charge >= 0.3 is 0 Å². The summed E-state index contributed by atoms with van der Waals surface area (Å²) in [5.41, 5.74) is 2.92. The van der Waals surface area contributed by atoms with E-state index in [4.69, 9.17) is 10.1 Å². The first-order valence-corrected chi connectivity index (χ1v) is 12.0. The lowest BCUT2D eigenvalue weighted by molar-refractivity contribution is -0.123. The van der Waals surface area contributed by atoms with E-state index in [-0.39, 0.29) is 35.7 Å². The van der Waals surface area contributed by atoms with E-state index >= 15 is 0 Å². The lowest BCUT2D eigenvalue weighted by Gasteiger charge is -2.30. The lowest BCUT2D eigenvalue weighted by atomic mass is 9.98. The fourth-order valence-electron chi connectivity index (χ4n) is 4.68. The van der Waals surface area contributed by atoms with Gasteiger partial charge < -0.3 is 25.7 Å². The number of amides is 2. The van der Waals surface area contributed by atoms with Crippen molar-refractivity contribution in [3.8, 4) is 5.75 Å². The number of halogens is 2. The molecule has 1 aliphatic carbocycles. The molecule has 190 valence electrons. The summed E-state index contributed by atoms with van der Waals surface area (Å²) in [5, 5.41) is 14.1. The van der Waals surface area contributed by atoms with Crippen LogP contribution in [0.1, 0.15) is 36.4 Å². The standard InChI is InChI=1S/C28H26F2N4O3/c1-37-25-13-17(4-10-22(25)30)27-24(33-28(36)16-2-3-16)14-26(35)34(27)21-9-11-23(18(12-21)15-31)32-20-7-5-19(29)6-8-20/h4-13,15-16,24,27,31-32H,2-3,14H2,1H3,(H,33,36)/t24-,27+/m0/s1. The third kappa shape index (κ3) is 5.02. The van der Waals surface area contributed by atoms with Gasteiger partial charge in [0.05, 0.1) is 19.2 Å². The minimum absolute atomic E-state index is 0.0334. The molecule has 1 aliphatic heterocycles. The summed E-state index contributed by atoms with van der Waals surface area (Å²) < 4.78 is 32.6. The fourth-order valence-corrected chi connectivity index (χ4v) is 4.68. The SMILES string of the molecule is COc1cc([C@@H]2[C@@H](NC(=O)C3CC3)CC(=O)N2c2ccc(Nc3ccc(F)cc3)c(C=N)c2)ccc1F. The van der Waals surface area contributed by atoms with Crippen molar-refractivity contribution in [3.63, 3.8) is 0 Å². The highest BCUT2D eigenvalue weighted by Gasteiger charge is 2.44. The Morgan fingerprint density at radius 1 is 1.08 bits per heavy atom. The van der Waals surface area contributed by atoms with E-state index in [2.05, 4.69) is 10.6 Å². The molecule has 9 heteroatoms. The van der Waals surface area contributed by atoms with Crippen LogP contribution in [0.2, 0.25) is 0 Å². The highest BCUT2D eigenvalue weighted by atomic mass is 19.1. The highest BCUT2D eigenvalue weighted by Crippen LogP contribution is 2.41. The monoisotopic (exact) mass is 504 g/mol. The molecule has 1 saturated carbocycles. The predicted molar refractivity (Wildman–Crippen MR) is 136 cm³/mol. The highest BCUT2D eigenvalue weighted by molar-refractivity contribution is 6.00. The Bertz CT molecular complexity index is 1360. The van der Waals surface area contributed by atoms with Crippen LogP contribution in [0.4, 0.5) is 25.8 Å². The first-order chi connectivity index (χ1) is 17.9. The second-order valence-electron chi connectivity index (χ2n) is 9.24. The Labute approximate surface area is 212 Å². The Morgan fingerprint density at radius 3 is 2.51 bits per heavy atom. The molecule has 2 amide bonds. The molecular weight excluding hydrogens is 478 g/mol. The van der Waals surface area contributed by atoms with Crippen molar-refractivity contribution in [2.45, 2.75) is 31.3 Å². The number of rotatable bonds is 8. The van der Waals surface area contributed by atoms with Crippen LogP contribution in [-0.4, -0.2) is 31.2 Å². The van der Waals surface area contributed by atoms with E-state index in [0.29, 0.717) is 28.2 Å². The first-order valence-electron chi connectivity index (χ1n) is 12.0. The van der Waals surface area contributed by atoms with E-state index in [1.54, 1.807) is 47.4 Å². The molecule has 7 nitrogen and oxygen atoms in total. The van der Waals surface area contributed by atoms with Crippen molar-refractivity contribution in [3.05, 3.63) is 83.4 Å². The van der Waals surface area contributed by atoms with Crippen LogP contribution in [-0.2, 0) is 9.59 Å². The molecule has 1 saturated heterocycles. The fraction of sp³-hybridized carbons (Fsp3) is 0.250. The smallest absolute Gasteiger partial charge is 0.229 e. The first kappa shape index (κ1) is 24.4. The number of carbonyl (C=O) groups excluding carboxylic acids is 2. The number of hydrogen-bond donors (Lipinski definition) is 3. The zero-order valence-electron chi connectivity index (χ0n) is 20.1. The van der Waals surface area contributed by atoms with Crippen LogP contribution in [0.5, 0.6) is 5.75 Å². The van der Waals surface area contributed by atoms with Gasteiger partial charge in [0.2, 0.25) is 11.8 Å². The molecular formula is C28H26F2N4O3. The van der Waals surface area contributed by atoms with Crippen molar-refractivity contribution in [2.24, 2.45) is 5.92 Å². The summed E-state index contributed by atoms with van der Waals surface area (Å²) in [6.07, 6.45) is 2.91. The molecule has 3 aromatic carbocycles. The predicted octanol–water partition coefficient (Wildman–Crippen LogP) is 5.09.